The summed E-state index contributed by atoms with van der Waals surface area (Å²) in [6.07, 6.45) is 3.85. The van der Waals surface area contributed by atoms with Crippen LogP contribution in [0.2, 0.25) is 0 Å². The molecule has 1 heterocycles. The molecule has 1 saturated heterocycles. The van der Waals surface area contributed by atoms with Crippen LogP contribution in [0, 0.1) is 0 Å². The quantitative estimate of drug-likeness (QED) is 0.799. The van der Waals surface area contributed by atoms with Crippen LogP contribution >= 0.6 is 0 Å². The second-order valence-electron chi connectivity index (χ2n) is 6.02. The highest BCUT2D eigenvalue weighted by atomic mass is 16.5. The van der Waals surface area contributed by atoms with E-state index in [1.54, 1.807) is 7.11 Å². The summed E-state index contributed by atoms with van der Waals surface area (Å²) in [6.45, 7) is 6.24. The lowest BCUT2D eigenvalue weighted by molar-refractivity contribution is -0.128. The Labute approximate surface area is 121 Å². The molecule has 3 heteroatoms. The zero-order valence-electron chi connectivity index (χ0n) is 12.8. The average molecular weight is 275 g/mol. The molecule has 3 nitrogen and oxygen atoms in total. The first-order valence-electron chi connectivity index (χ1n) is 7.45. The van der Waals surface area contributed by atoms with E-state index in [-0.39, 0.29) is 5.54 Å². The first-order chi connectivity index (χ1) is 9.54. The van der Waals surface area contributed by atoms with E-state index in [4.69, 9.17) is 4.74 Å². The molecule has 0 saturated carbocycles. The third-order valence-corrected chi connectivity index (χ3v) is 4.38. The van der Waals surface area contributed by atoms with Crippen molar-refractivity contribution in [2.75, 3.05) is 20.2 Å². The van der Waals surface area contributed by atoms with Gasteiger partial charge in [0.1, 0.15) is 5.75 Å². The van der Waals surface area contributed by atoms with Crippen LogP contribution in [-0.4, -0.2) is 36.4 Å². The van der Waals surface area contributed by atoms with Crippen molar-refractivity contribution in [1.29, 1.82) is 0 Å². The van der Waals surface area contributed by atoms with Crippen molar-refractivity contribution < 1.29 is 9.53 Å². The number of benzene rings is 1. The molecule has 2 rings (SSSR count). The van der Waals surface area contributed by atoms with Gasteiger partial charge in [-0.05, 0) is 63.9 Å². The van der Waals surface area contributed by atoms with Gasteiger partial charge >= 0.3 is 0 Å². The van der Waals surface area contributed by atoms with Gasteiger partial charge in [-0.25, -0.2) is 0 Å². The molecule has 0 aromatic heterocycles. The zero-order chi connectivity index (χ0) is 14.6. The molecule has 0 unspecified atom stereocenters. The first kappa shape index (κ1) is 15.0. The van der Waals surface area contributed by atoms with Gasteiger partial charge in [-0.1, -0.05) is 12.1 Å². The number of methoxy groups -OCH3 is 1. The number of rotatable bonds is 6. The van der Waals surface area contributed by atoms with Gasteiger partial charge in [0.25, 0.3) is 0 Å². The van der Waals surface area contributed by atoms with Crippen LogP contribution in [-0.2, 0) is 11.2 Å². The van der Waals surface area contributed by atoms with E-state index >= 15 is 0 Å². The summed E-state index contributed by atoms with van der Waals surface area (Å²) in [5.41, 5.74) is 0.875. The van der Waals surface area contributed by atoms with Crippen molar-refractivity contribution in [2.45, 2.75) is 45.1 Å². The number of hydrogen-bond acceptors (Lipinski definition) is 3. The summed E-state index contributed by atoms with van der Waals surface area (Å²) in [5.74, 6) is 1.20. The van der Waals surface area contributed by atoms with Gasteiger partial charge in [0.15, 0.2) is 5.78 Å². The Bertz CT molecular complexity index is 445. The lowest BCUT2D eigenvalue weighted by Crippen LogP contribution is -2.48. The third kappa shape index (κ3) is 3.40. The zero-order valence-corrected chi connectivity index (χ0v) is 12.8. The van der Waals surface area contributed by atoms with Crippen LogP contribution in [0.3, 0.4) is 0 Å². The molecule has 0 amide bonds. The van der Waals surface area contributed by atoms with Crippen LogP contribution in [0.5, 0.6) is 5.75 Å². The fourth-order valence-electron chi connectivity index (χ4n) is 2.81. The van der Waals surface area contributed by atoms with Gasteiger partial charge in [-0.15, -0.1) is 0 Å². The molecule has 1 aliphatic heterocycles. The minimum absolute atomic E-state index is 0.316. The number of ether oxygens (including phenoxy) is 1. The van der Waals surface area contributed by atoms with Gasteiger partial charge in [0.2, 0.25) is 0 Å². The summed E-state index contributed by atoms with van der Waals surface area (Å²) in [4.78, 5) is 14.8. The molecule has 0 atom stereocenters. The lowest BCUT2D eigenvalue weighted by atomic mass is 9.92. The Morgan fingerprint density at radius 2 is 1.80 bits per heavy atom. The summed E-state index contributed by atoms with van der Waals surface area (Å²) in [5, 5.41) is 0. The number of carbonyl (C=O) groups is 1. The van der Waals surface area contributed by atoms with Gasteiger partial charge in [-0.3, -0.25) is 9.69 Å². The minimum Gasteiger partial charge on any atom is -0.497 e. The van der Waals surface area contributed by atoms with Crippen LogP contribution in [0.15, 0.2) is 24.3 Å². The maximum absolute atomic E-state index is 12.5. The number of Topliss-reactive ketones (excluding diaryl/α,β-unsaturated/α-hetero) is 1. The van der Waals surface area contributed by atoms with Gasteiger partial charge in [0, 0.05) is 6.42 Å². The van der Waals surface area contributed by atoms with E-state index in [2.05, 4.69) is 18.7 Å². The second kappa shape index (κ2) is 6.40. The molecule has 0 aliphatic carbocycles. The van der Waals surface area contributed by atoms with E-state index in [1.165, 1.54) is 18.4 Å². The molecular formula is C17H25NO2. The molecular weight excluding hydrogens is 250 g/mol. The molecule has 110 valence electrons. The van der Waals surface area contributed by atoms with Crippen molar-refractivity contribution in [3.8, 4) is 5.75 Å². The number of nitrogens with zero attached hydrogens (tertiary/aromatic N) is 1. The lowest BCUT2D eigenvalue weighted by Gasteiger charge is -2.34. The van der Waals surface area contributed by atoms with E-state index in [9.17, 15) is 4.79 Å². The number of ketones is 1. The largest absolute Gasteiger partial charge is 0.497 e. The molecule has 0 radical (unpaired) electrons. The van der Waals surface area contributed by atoms with E-state index in [0.717, 1.165) is 25.3 Å². The fraction of sp³-hybridized carbons (Fsp3) is 0.588. The molecule has 0 N–H and O–H groups in total. The maximum atomic E-state index is 12.5. The molecule has 0 spiro atoms. The summed E-state index contributed by atoms with van der Waals surface area (Å²) < 4.78 is 5.14. The number of likely N-dealkylation sites (tertiary alicyclic amines) is 1. The highest BCUT2D eigenvalue weighted by molar-refractivity contribution is 5.87. The smallest absolute Gasteiger partial charge is 0.152 e. The Morgan fingerprint density at radius 3 is 2.35 bits per heavy atom. The highest BCUT2D eigenvalue weighted by Gasteiger charge is 2.34. The van der Waals surface area contributed by atoms with Crippen molar-refractivity contribution >= 4 is 5.78 Å². The maximum Gasteiger partial charge on any atom is 0.152 e. The van der Waals surface area contributed by atoms with Gasteiger partial charge in [-0.2, -0.15) is 0 Å². The van der Waals surface area contributed by atoms with E-state index in [0.29, 0.717) is 12.2 Å². The topological polar surface area (TPSA) is 29.5 Å². The van der Waals surface area contributed by atoms with Crippen LogP contribution in [0.25, 0.3) is 0 Å². The summed E-state index contributed by atoms with van der Waals surface area (Å²) in [6, 6.07) is 7.97. The SMILES string of the molecule is COc1ccc(CCC(=O)C(C)(C)N2CCCC2)cc1. The monoisotopic (exact) mass is 275 g/mol. The highest BCUT2D eigenvalue weighted by Crippen LogP contribution is 2.24. The number of hydrogen-bond donors (Lipinski definition) is 0. The van der Waals surface area contributed by atoms with Crippen molar-refractivity contribution in [3.63, 3.8) is 0 Å². The Morgan fingerprint density at radius 1 is 1.20 bits per heavy atom. The predicted octanol–water partition coefficient (Wildman–Crippen LogP) is 3.07. The summed E-state index contributed by atoms with van der Waals surface area (Å²) in [7, 11) is 1.66. The van der Waals surface area contributed by atoms with Crippen LogP contribution < -0.4 is 4.74 Å². The normalized spacial score (nSPS) is 16.4. The fourth-order valence-corrected chi connectivity index (χ4v) is 2.81. The van der Waals surface area contributed by atoms with Crippen molar-refractivity contribution in [1.82, 2.24) is 4.90 Å². The number of aryl methyl sites for hydroxylation is 1. The predicted molar refractivity (Wildman–Crippen MR) is 81.2 cm³/mol. The van der Waals surface area contributed by atoms with Crippen molar-refractivity contribution in [2.24, 2.45) is 0 Å². The molecule has 0 bridgehead atoms. The van der Waals surface area contributed by atoms with E-state index < -0.39 is 0 Å². The average Bonchev–Trinajstić information content (AvgIpc) is 3.00. The van der Waals surface area contributed by atoms with Crippen LogP contribution in [0.4, 0.5) is 0 Å². The van der Waals surface area contributed by atoms with E-state index in [1.807, 2.05) is 24.3 Å². The molecule has 1 aromatic rings. The summed E-state index contributed by atoms with van der Waals surface area (Å²) >= 11 is 0. The minimum atomic E-state index is -0.316. The third-order valence-electron chi connectivity index (χ3n) is 4.38. The van der Waals surface area contributed by atoms with Gasteiger partial charge < -0.3 is 4.74 Å². The molecule has 1 aromatic carbocycles. The molecule has 1 aliphatic rings. The van der Waals surface area contributed by atoms with Crippen LogP contribution in [0.1, 0.15) is 38.7 Å². The molecule has 1 fully saturated rings. The Balaban J connectivity index is 1.90. The van der Waals surface area contributed by atoms with Gasteiger partial charge in [0.05, 0.1) is 12.6 Å². The Kier molecular flexibility index (Phi) is 4.81. The van der Waals surface area contributed by atoms with Crippen molar-refractivity contribution in [3.05, 3.63) is 29.8 Å². The molecule has 20 heavy (non-hydrogen) atoms. The number of carbonyl (C=O) groups excluding carboxylic acids is 1. The standard InChI is InChI=1S/C17H25NO2/c1-17(2,18-12-4-5-13-18)16(19)11-8-14-6-9-15(20-3)10-7-14/h6-7,9-10H,4-5,8,11-13H2,1-3H3. The Hall–Kier alpha value is -1.35. The first-order valence-corrected chi connectivity index (χ1v) is 7.45. The second-order valence-corrected chi connectivity index (χ2v) is 6.02.